The summed E-state index contributed by atoms with van der Waals surface area (Å²) < 4.78 is 2.06. The van der Waals surface area contributed by atoms with E-state index in [0.717, 1.165) is 55.8 Å². The quantitative estimate of drug-likeness (QED) is 0.851. The van der Waals surface area contributed by atoms with E-state index in [1.165, 1.54) is 11.3 Å². The molecule has 0 amide bonds. The Labute approximate surface area is 155 Å². The summed E-state index contributed by atoms with van der Waals surface area (Å²) in [6, 6.07) is 10.3. The molecule has 25 heavy (non-hydrogen) atoms. The number of rotatable bonds is 4. The number of nitrogens with zero attached hydrogens (tertiary/aromatic N) is 4. The van der Waals surface area contributed by atoms with Crippen molar-refractivity contribution in [1.29, 1.82) is 0 Å². The number of benzene rings is 1. The Morgan fingerprint density at radius 3 is 2.44 bits per heavy atom. The van der Waals surface area contributed by atoms with Crippen molar-refractivity contribution < 1.29 is 0 Å². The number of hydrogen-bond donors (Lipinski definition) is 1. The molecule has 0 spiro atoms. The molecule has 1 aliphatic heterocycles. The fourth-order valence-electron chi connectivity index (χ4n) is 3.32. The smallest absolute Gasteiger partial charge is 0.169 e. The van der Waals surface area contributed by atoms with Crippen LogP contribution in [0.25, 0.3) is 5.69 Å². The van der Waals surface area contributed by atoms with E-state index < -0.39 is 0 Å². The summed E-state index contributed by atoms with van der Waals surface area (Å²) in [7, 11) is 0. The van der Waals surface area contributed by atoms with Crippen molar-refractivity contribution in [2.75, 3.05) is 32.7 Å². The van der Waals surface area contributed by atoms with Gasteiger partial charge in [0.05, 0.1) is 11.4 Å². The first-order valence-electron chi connectivity index (χ1n) is 8.95. The minimum atomic E-state index is 0.881. The fourth-order valence-corrected chi connectivity index (χ4v) is 3.65. The van der Waals surface area contributed by atoms with Gasteiger partial charge in [-0.15, -0.1) is 0 Å². The summed E-state index contributed by atoms with van der Waals surface area (Å²) >= 11 is 5.42. The zero-order chi connectivity index (χ0) is 17.8. The van der Waals surface area contributed by atoms with Gasteiger partial charge in [0, 0.05) is 50.5 Å². The third kappa shape index (κ3) is 4.02. The number of aromatic nitrogens is 2. The molecule has 2 heterocycles. The molecule has 0 unspecified atom stereocenters. The molecule has 0 radical (unpaired) electrons. The van der Waals surface area contributed by atoms with Gasteiger partial charge in [-0.2, -0.15) is 5.10 Å². The number of hydrogen-bond acceptors (Lipinski definition) is 3. The zero-order valence-corrected chi connectivity index (χ0v) is 16.1. The predicted octanol–water partition coefficient (Wildman–Crippen LogP) is 2.50. The molecule has 0 bridgehead atoms. The molecule has 1 saturated heterocycles. The lowest BCUT2D eigenvalue weighted by atomic mass is 10.1. The van der Waals surface area contributed by atoms with Crippen molar-refractivity contribution in [3.05, 3.63) is 47.3 Å². The second kappa shape index (κ2) is 7.97. The van der Waals surface area contributed by atoms with Gasteiger partial charge >= 0.3 is 0 Å². The van der Waals surface area contributed by atoms with Crippen molar-refractivity contribution in [1.82, 2.24) is 24.9 Å². The van der Waals surface area contributed by atoms with Gasteiger partial charge < -0.3 is 10.2 Å². The molecule has 1 aromatic carbocycles. The molecule has 0 aliphatic carbocycles. The van der Waals surface area contributed by atoms with Crippen LogP contribution in [0.4, 0.5) is 0 Å². The van der Waals surface area contributed by atoms with Gasteiger partial charge in [0.15, 0.2) is 5.11 Å². The molecule has 2 aromatic rings. The molecular formula is C19H27N5S. The SMILES string of the molecule is CCNC(=S)N1CCN(Cc2c(C)nn(-c3ccccc3)c2C)CC1. The summed E-state index contributed by atoms with van der Waals surface area (Å²) in [5, 5.41) is 8.89. The highest BCUT2D eigenvalue weighted by Crippen LogP contribution is 2.20. The summed E-state index contributed by atoms with van der Waals surface area (Å²) in [6.07, 6.45) is 0. The molecule has 1 fully saturated rings. The molecule has 6 heteroatoms. The molecule has 1 aliphatic rings. The van der Waals surface area contributed by atoms with Crippen molar-refractivity contribution in [3.63, 3.8) is 0 Å². The Morgan fingerprint density at radius 1 is 1.12 bits per heavy atom. The molecule has 1 aromatic heterocycles. The first-order chi connectivity index (χ1) is 12.1. The van der Waals surface area contributed by atoms with E-state index in [1.54, 1.807) is 0 Å². The van der Waals surface area contributed by atoms with Gasteiger partial charge in [-0.3, -0.25) is 4.90 Å². The molecule has 5 nitrogen and oxygen atoms in total. The molecule has 3 rings (SSSR count). The maximum Gasteiger partial charge on any atom is 0.169 e. The molecule has 1 N–H and O–H groups in total. The lowest BCUT2D eigenvalue weighted by Gasteiger charge is -2.36. The van der Waals surface area contributed by atoms with Crippen LogP contribution in [0.3, 0.4) is 0 Å². The third-order valence-corrected chi connectivity index (χ3v) is 5.21. The number of thiocarbonyl (C=S) groups is 1. The van der Waals surface area contributed by atoms with Crippen LogP contribution in [0.2, 0.25) is 0 Å². The Balaban J connectivity index is 1.67. The van der Waals surface area contributed by atoms with Crippen LogP contribution >= 0.6 is 12.2 Å². The normalized spacial score (nSPS) is 15.4. The van der Waals surface area contributed by atoms with Crippen LogP contribution in [-0.4, -0.2) is 57.4 Å². The summed E-state index contributed by atoms with van der Waals surface area (Å²) in [6.45, 7) is 12.2. The summed E-state index contributed by atoms with van der Waals surface area (Å²) in [4.78, 5) is 4.76. The average molecular weight is 358 g/mol. The Hall–Kier alpha value is -1.92. The van der Waals surface area contributed by atoms with Gasteiger partial charge in [-0.25, -0.2) is 4.68 Å². The highest BCUT2D eigenvalue weighted by atomic mass is 32.1. The van der Waals surface area contributed by atoms with Crippen molar-refractivity contribution in [2.45, 2.75) is 27.3 Å². The Bertz CT molecular complexity index is 717. The van der Waals surface area contributed by atoms with E-state index >= 15 is 0 Å². The van der Waals surface area contributed by atoms with Crippen LogP contribution in [0.15, 0.2) is 30.3 Å². The van der Waals surface area contributed by atoms with Crippen LogP contribution in [0.1, 0.15) is 23.9 Å². The number of piperazine rings is 1. The van der Waals surface area contributed by atoms with E-state index in [-0.39, 0.29) is 0 Å². The number of para-hydroxylation sites is 1. The van der Waals surface area contributed by atoms with Crippen molar-refractivity contribution in [2.24, 2.45) is 0 Å². The first kappa shape index (κ1) is 17.9. The van der Waals surface area contributed by atoms with Gasteiger partial charge in [0.2, 0.25) is 0 Å². The van der Waals surface area contributed by atoms with E-state index in [4.69, 9.17) is 17.3 Å². The molecule has 0 atom stereocenters. The van der Waals surface area contributed by atoms with Crippen LogP contribution < -0.4 is 5.32 Å². The van der Waals surface area contributed by atoms with Gasteiger partial charge in [-0.05, 0) is 45.1 Å². The van der Waals surface area contributed by atoms with Gasteiger partial charge in [0.1, 0.15) is 0 Å². The fraction of sp³-hybridized carbons (Fsp3) is 0.474. The average Bonchev–Trinajstić information content (AvgIpc) is 2.91. The second-order valence-corrected chi connectivity index (χ2v) is 6.88. The van der Waals surface area contributed by atoms with Crippen molar-refractivity contribution >= 4 is 17.3 Å². The van der Waals surface area contributed by atoms with E-state index in [1.807, 2.05) is 6.07 Å². The minimum Gasteiger partial charge on any atom is -0.363 e. The highest BCUT2D eigenvalue weighted by molar-refractivity contribution is 7.80. The molecule has 0 saturated carbocycles. The summed E-state index contributed by atoms with van der Waals surface area (Å²) in [5.41, 5.74) is 4.81. The van der Waals surface area contributed by atoms with Crippen molar-refractivity contribution in [3.8, 4) is 5.69 Å². The Kier molecular flexibility index (Phi) is 5.71. The molecule has 134 valence electrons. The van der Waals surface area contributed by atoms with E-state index in [9.17, 15) is 0 Å². The Morgan fingerprint density at radius 2 is 1.80 bits per heavy atom. The number of nitrogens with one attached hydrogen (secondary N) is 1. The lowest BCUT2D eigenvalue weighted by Crippen LogP contribution is -2.51. The monoisotopic (exact) mass is 357 g/mol. The maximum absolute atomic E-state index is 5.42. The zero-order valence-electron chi connectivity index (χ0n) is 15.3. The summed E-state index contributed by atoms with van der Waals surface area (Å²) in [5.74, 6) is 0. The standard InChI is InChI=1S/C19H27N5S/c1-4-20-19(25)23-12-10-22(11-13-23)14-18-15(2)21-24(16(18)3)17-8-6-5-7-9-17/h5-9H,4,10-14H2,1-3H3,(H,20,25). The largest absolute Gasteiger partial charge is 0.363 e. The lowest BCUT2D eigenvalue weighted by molar-refractivity contribution is 0.174. The second-order valence-electron chi connectivity index (χ2n) is 6.50. The van der Waals surface area contributed by atoms with E-state index in [2.05, 4.69) is 64.8 Å². The van der Waals surface area contributed by atoms with Gasteiger partial charge in [-0.1, -0.05) is 18.2 Å². The number of aryl methyl sites for hydroxylation is 1. The minimum absolute atomic E-state index is 0.881. The maximum atomic E-state index is 5.42. The first-order valence-corrected chi connectivity index (χ1v) is 9.36. The molecular weight excluding hydrogens is 330 g/mol. The third-order valence-electron chi connectivity index (χ3n) is 4.81. The highest BCUT2D eigenvalue weighted by Gasteiger charge is 2.21. The van der Waals surface area contributed by atoms with Crippen LogP contribution in [0.5, 0.6) is 0 Å². The van der Waals surface area contributed by atoms with Gasteiger partial charge in [0.25, 0.3) is 0 Å². The van der Waals surface area contributed by atoms with Crippen LogP contribution in [-0.2, 0) is 6.54 Å². The van der Waals surface area contributed by atoms with Crippen LogP contribution in [0, 0.1) is 13.8 Å². The predicted molar refractivity (Wildman–Crippen MR) is 106 cm³/mol. The van der Waals surface area contributed by atoms with E-state index in [0.29, 0.717) is 0 Å². The topological polar surface area (TPSA) is 36.3 Å².